The standard InChI is InChI=1S/C18H17F3N2O6S/c1-28-17(25)12-3-7-14(8-4-12)23(30(2,26)27)11-16(24)22-13-5-9-15(10-6-13)29-18(19,20)21/h3-10H,11H2,1-2H3,(H,22,24). The van der Waals surface area contributed by atoms with E-state index in [-0.39, 0.29) is 16.9 Å². The molecule has 0 aromatic heterocycles. The summed E-state index contributed by atoms with van der Waals surface area (Å²) in [5, 5.41) is 2.39. The highest BCUT2D eigenvalue weighted by atomic mass is 32.2. The number of carbonyl (C=O) groups excluding carboxylic acids is 2. The Morgan fingerprint density at radius 2 is 1.60 bits per heavy atom. The Morgan fingerprint density at radius 3 is 2.07 bits per heavy atom. The maximum Gasteiger partial charge on any atom is 0.573 e. The van der Waals surface area contributed by atoms with E-state index in [1.165, 1.54) is 43.5 Å². The highest BCUT2D eigenvalue weighted by molar-refractivity contribution is 7.92. The van der Waals surface area contributed by atoms with Crippen LogP contribution in [0.15, 0.2) is 48.5 Å². The molecule has 0 saturated carbocycles. The van der Waals surface area contributed by atoms with Crippen molar-refractivity contribution in [2.75, 3.05) is 29.5 Å². The first-order chi connectivity index (χ1) is 13.9. The van der Waals surface area contributed by atoms with Crippen LogP contribution in [0.1, 0.15) is 10.4 Å². The van der Waals surface area contributed by atoms with Crippen LogP contribution in [0.25, 0.3) is 0 Å². The summed E-state index contributed by atoms with van der Waals surface area (Å²) < 4.78 is 69.8. The van der Waals surface area contributed by atoms with Gasteiger partial charge >= 0.3 is 12.3 Å². The highest BCUT2D eigenvalue weighted by Crippen LogP contribution is 2.24. The topological polar surface area (TPSA) is 102 Å². The summed E-state index contributed by atoms with van der Waals surface area (Å²) in [6.45, 7) is -0.600. The van der Waals surface area contributed by atoms with E-state index >= 15 is 0 Å². The summed E-state index contributed by atoms with van der Waals surface area (Å²) in [4.78, 5) is 23.8. The van der Waals surface area contributed by atoms with E-state index in [2.05, 4.69) is 14.8 Å². The summed E-state index contributed by atoms with van der Waals surface area (Å²) in [6, 6.07) is 9.72. The molecule has 1 amide bonds. The monoisotopic (exact) mass is 446 g/mol. The Hall–Kier alpha value is -3.28. The largest absolute Gasteiger partial charge is 0.573 e. The van der Waals surface area contributed by atoms with Gasteiger partial charge in [0.15, 0.2) is 0 Å². The van der Waals surface area contributed by atoms with Crippen LogP contribution >= 0.6 is 0 Å². The highest BCUT2D eigenvalue weighted by Gasteiger charge is 2.31. The van der Waals surface area contributed by atoms with Crippen molar-refractivity contribution in [2.45, 2.75) is 6.36 Å². The van der Waals surface area contributed by atoms with Crippen LogP contribution in [0.2, 0.25) is 0 Å². The van der Waals surface area contributed by atoms with Crippen LogP contribution < -0.4 is 14.4 Å². The first kappa shape index (κ1) is 23.0. The lowest BCUT2D eigenvalue weighted by molar-refractivity contribution is -0.274. The van der Waals surface area contributed by atoms with E-state index in [1.54, 1.807) is 0 Å². The minimum absolute atomic E-state index is 0.134. The fourth-order valence-electron chi connectivity index (χ4n) is 2.35. The normalized spacial score (nSPS) is 11.5. The molecule has 0 fully saturated rings. The number of nitrogens with one attached hydrogen (secondary N) is 1. The van der Waals surface area contributed by atoms with Gasteiger partial charge in [0, 0.05) is 5.69 Å². The first-order valence-electron chi connectivity index (χ1n) is 8.21. The molecule has 12 heteroatoms. The second-order valence-electron chi connectivity index (χ2n) is 5.93. The average molecular weight is 446 g/mol. The van der Waals surface area contributed by atoms with Crippen molar-refractivity contribution >= 4 is 33.3 Å². The van der Waals surface area contributed by atoms with Gasteiger partial charge in [0.1, 0.15) is 12.3 Å². The number of methoxy groups -OCH3 is 1. The zero-order chi connectivity index (χ0) is 22.5. The molecule has 0 saturated heterocycles. The molecule has 0 aliphatic heterocycles. The SMILES string of the molecule is COC(=O)c1ccc(N(CC(=O)Nc2ccc(OC(F)(F)F)cc2)S(C)(=O)=O)cc1. The number of rotatable bonds is 7. The van der Waals surface area contributed by atoms with Gasteiger partial charge in [0.05, 0.1) is 24.6 Å². The number of alkyl halides is 3. The number of esters is 1. The summed E-state index contributed by atoms with van der Waals surface area (Å²) in [7, 11) is -2.66. The zero-order valence-corrected chi connectivity index (χ0v) is 16.6. The number of nitrogens with zero attached hydrogens (tertiary/aromatic N) is 1. The van der Waals surface area contributed by atoms with Crippen molar-refractivity contribution in [1.29, 1.82) is 0 Å². The van der Waals surface area contributed by atoms with Crippen molar-refractivity contribution in [3.8, 4) is 5.75 Å². The lowest BCUT2D eigenvalue weighted by Gasteiger charge is -2.22. The fraction of sp³-hybridized carbons (Fsp3) is 0.222. The van der Waals surface area contributed by atoms with Gasteiger partial charge < -0.3 is 14.8 Å². The zero-order valence-electron chi connectivity index (χ0n) is 15.8. The third-order valence-electron chi connectivity index (χ3n) is 3.64. The number of sulfonamides is 1. The number of carbonyl (C=O) groups is 2. The molecule has 8 nitrogen and oxygen atoms in total. The van der Waals surface area contributed by atoms with Gasteiger partial charge in [-0.2, -0.15) is 0 Å². The Labute approximate surface area is 170 Å². The molecule has 0 unspecified atom stereocenters. The van der Waals surface area contributed by atoms with Gasteiger partial charge in [0.2, 0.25) is 15.9 Å². The number of anilines is 2. The van der Waals surface area contributed by atoms with Crippen LogP contribution in [0.5, 0.6) is 5.75 Å². The minimum atomic E-state index is -4.84. The van der Waals surface area contributed by atoms with Gasteiger partial charge in [-0.15, -0.1) is 13.2 Å². The predicted octanol–water partition coefficient (Wildman–Crippen LogP) is 2.78. The van der Waals surface area contributed by atoms with Crippen LogP contribution in [0.4, 0.5) is 24.5 Å². The molecule has 162 valence electrons. The van der Waals surface area contributed by atoms with Crippen LogP contribution in [0, 0.1) is 0 Å². The summed E-state index contributed by atoms with van der Waals surface area (Å²) in [5.41, 5.74) is 0.471. The first-order valence-corrected chi connectivity index (χ1v) is 10.1. The van der Waals surface area contributed by atoms with E-state index in [9.17, 15) is 31.2 Å². The van der Waals surface area contributed by atoms with Crippen molar-refractivity contribution in [3.63, 3.8) is 0 Å². The van der Waals surface area contributed by atoms with Crippen LogP contribution in [-0.4, -0.2) is 46.6 Å². The molecule has 30 heavy (non-hydrogen) atoms. The number of benzene rings is 2. The third-order valence-corrected chi connectivity index (χ3v) is 4.78. The van der Waals surface area contributed by atoms with E-state index in [4.69, 9.17) is 0 Å². The van der Waals surface area contributed by atoms with Crippen LogP contribution in [-0.2, 0) is 19.6 Å². The fourth-order valence-corrected chi connectivity index (χ4v) is 3.21. The number of halogens is 3. The van der Waals surface area contributed by atoms with Gasteiger partial charge in [0.25, 0.3) is 0 Å². The average Bonchev–Trinajstić information content (AvgIpc) is 2.65. The molecule has 0 heterocycles. The maximum atomic E-state index is 12.3. The third kappa shape index (κ3) is 6.65. The molecule has 0 atom stereocenters. The molecule has 0 bridgehead atoms. The summed E-state index contributed by atoms with van der Waals surface area (Å²) in [5.74, 6) is -1.81. The Kier molecular flexibility index (Phi) is 6.92. The lowest BCUT2D eigenvalue weighted by atomic mass is 10.2. The lowest BCUT2D eigenvalue weighted by Crippen LogP contribution is -2.37. The Morgan fingerprint density at radius 1 is 1.03 bits per heavy atom. The number of ether oxygens (including phenoxy) is 2. The molecule has 0 spiro atoms. The second-order valence-corrected chi connectivity index (χ2v) is 7.84. The Bertz CT molecular complexity index is 1010. The summed E-state index contributed by atoms with van der Waals surface area (Å²) in [6.07, 6.45) is -3.94. The van der Waals surface area contributed by atoms with Gasteiger partial charge in [-0.1, -0.05) is 0 Å². The molecular weight excluding hydrogens is 429 g/mol. The number of hydrogen-bond donors (Lipinski definition) is 1. The van der Waals surface area contributed by atoms with Gasteiger partial charge in [-0.3, -0.25) is 9.10 Å². The summed E-state index contributed by atoms with van der Waals surface area (Å²) >= 11 is 0. The molecular formula is C18H17F3N2O6S. The van der Waals surface area contributed by atoms with E-state index in [0.29, 0.717) is 0 Å². The molecule has 0 aliphatic carbocycles. The van der Waals surface area contributed by atoms with E-state index in [1.807, 2.05) is 0 Å². The van der Waals surface area contributed by atoms with Gasteiger partial charge in [-0.25, -0.2) is 13.2 Å². The van der Waals surface area contributed by atoms with Crippen molar-refractivity contribution < 1.29 is 40.7 Å². The molecule has 0 aliphatic rings. The van der Waals surface area contributed by atoms with E-state index in [0.717, 1.165) is 22.7 Å². The number of amides is 1. The van der Waals surface area contributed by atoms with Crippen molar-refractivity contribution in [2.24, 2.45) is 0 Å². The number of hydrogen-bond acceptors (Lipinski definition) is 6. The molecule has 2 aromatic rings. The molecule has 1 N–H and O–H groups in total. The minimum Gasteiger partial charge on any atom is -0.465 e. The van der Waals surface area contributed by atoms with Crippen LogP contribution in [0.3, 0.4) is 0 Å². The molecule has 2 aromatic carbocycles. The quantitative estimate of drug-likeness (QED) is 0.657. The molecule has 2 rings (SSSR count). The van der Waals surface area contributed by atoms with Crippen molar-refractivity contribution in [1.82, 2.24) is 0 Å². The maximum absolute atomic E-state index is 12.3. The van der Waals surface area contributed by atoms with Crippen molar-refractivity contribution in [3.05, 3.63) is 54.1 Å². The Balaban J connectivity index is 2.12. The van der Waals surface area contributed by atoms with E-state index < -0.39 is 40.6 Å². The molecule has 0 radical (unpaired) electrons. The van der Waals surface area contributed by atoms with Gasteiger partial charge in [-0.05, 0) is 48.5 Å². The predicted molar refractivity (Wildman–Crippen MR) is 102 cm³/mol. The second kappa shape index (κ2) is 9.03. The smallest absolute Gasteiger partial charge is 0.465 e.